The van der Waals surface area contributed by atoms with Crippen molar-refractivity contribution in [3.63, 3.8) is 0 Å². The van der Waals surface area contributed by atoms with Crippen LogP contribution in [0.2, 0.25) is 0 Å². The lowest BCUT2D eigenvalue weighted by atomic mass is 10.2. The van der Waals surface area contributed by atoms with Crippen LogP contribution in [-0.4, -0.2) is 24.0 Å². The van der Waals surface area contributed by atoms with Crippen molar-refractivity contribution in [3.05, 3.63) is 46.8 Å². The van der Waals surface area contributed by atoms with Crippen LogP contribution in [0.25, 0.3) is 10.9 Å². The molecule has 2 heterocycles. The van der Waals surface area contributed by atoms with Gasteiger partial charge in [0.05, 0.1) is 12.1 Å². The highest BCUT2D eigenvalue weighted by Gasteiger charge is 2.23. The van der Waals surface area contributed by atoms with Crippen LogP contribution in [0.4, 0.5) is 0 Å². The molecule has 1 fully saturated rings. The summed E-state index contributed by atoms with van der Waals surface area (Å²) in [6.07, 6.45) is 0.144. The molecule has 0 amide bonds. The fourth-order valence-corrected chi connectivity index (χ4v) is 1.62. The quantitative estimate of drug-likeness (QED) is 0.715. The summed E-state index contributed by atoms with van der Waals surface area (Å²) in [5, 5.41) is 0.985. The molecule has 1 aliphatic heterocycles. The highest BCUT2D eigenvalue weighted by atomic mass is 16.7. The largest absolute Gasteiger partial charge is 0.407 e. The van der Waals surface area contributed by atoms with Gasteiger partial charge in [-0.25, -0.2) is 0 Å². The van der Waals surface area contributed by atoms with E-state index in [0.29, 0.717) is 6.61 Å². The number of benzene rings is 1. The molecule has 2 aromatic rings. The van der Waals surface area contributed by atoms with Gasteiger partial charge in [0.15, 0.2) is 0 Å². The number of para-hydroxylation sites is 1. The number of rotatable bonds is 3. The van der Waals surface area contributed by atoms with E-state index in [0.717, 1.165) is 17.5 Å². The van der Waals surface area contributed by atoms with Gasteiger partial charge in [0.25, 0.3) is 5.56 Å². The van der Waals surface area contributed by atoms with E-state index in [4.69, 9.17) is 9.57 Å². The Hall–Kier alpha value is -1.81. The van der Waals surface area contributed by atoms with E-state index in [1.807, 2.05) is 24.3 Å². The maximum atomic E-state index is 11.7. The predicted octanol–water partition coefficient (Wildman–Crippen LogP) is 0.829. The van der Waals surface area contributed by atoms with Crippen molar-refractivity contribution in [1.29, 1.82) is 0 Å². The number of hydrogen-bond acceptors (Lipinski definition) is 3. The van der Waals surface area contributed by atoms with E-state index in [2.05, 4.69) is 0 Å². The number of hydrogen-bond donors (Lipinski definition) is 0. The number of nitrogens with zero attached hydrogens (tertiary/aromatic N) is 1. The van der Waals surface area contributed by atoms with Gasteiger partial charge in [0, 0.05) is 11.5 Å². The third-order valence-corrected chi connectivity index (χ3v) is 2.55. The van der Waals surface area contributed by atoms with Crippen LogP contribution < -0.4 is 10.4 Å². The lowest BCUT2D eigenvalue weighted by molar-refractivity contribution is 0.0972. The van der Waals surface area contributed by atoms with Crippen LogP contribution in [0, 0.1) is 0 Å². The van der Waals surface area contributed by atoms with Gasteiger partial charge < -0.3 is 9.57 Å². The van der Waals surface area contributed by atoms with Crippen molar-refractivity contribution in [3.8, 4) is 0 Å². The Morgan fingerprint density at radius 1 is 1.31 bits per heavy atom. The first-order valence-corrected chi connectivity index (χ1v) is 5.20. The van der Waals surface area contributed by atoms with E-state index in [-0.39, 0.29) is 11.7 Å². The summed E-state index contributed by atoms with van der Waals surface area (Å²) in [6.45, 7) is 1.15. The molecule has 1 aromatic heterocycles. The van der Waals surface area contributed by atoms with Gasteiger partial charge in [-0.2, -0.15) is 0 Å². The van der Waals surface area contributed by atoms with Gasteiger partial charge in [0.1, 0.15) is 12.7 Å². The molecule has 1 aromatic carbocycles. The van der Waals surface area contributed by atoms with Crippen molar-refractivity contribution < 1.29 is 9.57 Å². The van der Waals surface area contributed by atoms with Crippen LogP contribution in [-0.2, 0) is 4.74 Å². The van der Waals surface area contributed by atoms with Crippen molar-refractivity contribution in [1.82, 2.24) is 4.73 Å². The summed E-state index contributed by atoms with van der Waals surface area (Å²) in [5.74, 6) is 0. The third kappa shape index (κ3) is 1.67. The maximum absolute atomic E-state index is 11.7. The van der Waals surface area contributed by atoms with Crippen molar-refractivity contribution in [2.24, 2.45) is 0 Å². The van der Waals surface area contributed by atoms with E-state index in [1.165, 1.54) is 10.8 Å². The number of ether oxygens (including phenoxy) is 1. The molecule has 1 atom stereocenters. The van der Waals surface area contributed by atoms with Gasteiger partial charge in [-0.3, -0.25) is 4.79 Å². The molecule has 0 radical (unpaired) electrons. The Kier molecular flexibility index (Phi) is 2.15. The molecule has 0 spiro atoms. The molecule has 16 heavy (non-hydrogen) atoms. The fraction of sp³-hybridized carbons (Fsp3) is 0.250. The van der Waals surface area contributed by atoms with Crippen LogP contribution in [0.5, 0.6) is 0 Å². The number of fused-ring (bicyclic) bond motifs is 1. The van der Waals surface area contributed by atoms with Crippen LogP contribution >= 0.6 is 0 Å². The van der Waals surface area contributed by atoms with Crippen molar-refractivity contribution in [2.75, 3.05) is 13.2 Å². The summed E-state index contributed by atoms with van der Waals surface area (Å²) in [7, 11) is 0. The number of epoxide rings is 1. The normalized spacial score (nSPS) is 18.6. The summed E-state index contributed by atoms with van der Waals surface area (Å²) in [4.78, 5) is 17.1. The molecule has 3 rings (SSSR count). The van der Waals surface area contributed by atoms with Crippen molar-refractivity contribution >= 4 is 10.9 Å². The van der Waals surface area contributed by atoms with Gasteiger partial charge in [-0.15, -0.1) is 4.73 Å². The molecular weight excluding hydrogens is 206 g/mol. The summed E-state index contributed by atoms with van der Waals surface area (Å²) in [6, 6.07) is 10.9. The highest BCUT2D eigenvalue weighted by Crippen LogP contribution is 2.11. The second kappa shape index (κ2) is 3.64. The van der Waals surface area contributed by atoms with E-state index < -0.39 is 0 Å². The lowest BCUT2D eigenvalue weighted by Gasteiger charge is -2.09. The summed E-state index contributed by atoms with van der Waals surface area (Å²) in [5.41, 5.74) is 0.634. The first kappa shape index (κ1) is 9.42. The molecule has 4 heteroatoms. The predicted molar refractivity (Wildman–Crippen MR) is 59.4 cm³/mol. The second-order valence-corrected chi connectivity index (χ2v) is 3.78. The lowest BCUT2D eigenvalue weighted by Crippen LogP contribution is -2.28. The zero-order valence-electron chi connectivity index (χ0n) is 8.63. The molecule has 1 unspecified atom stereocenters. The fourth-order valence-electron chi connectivity index (χ4n) is 1.62. The SMILES string of the molecule is O=c1ccc2ccccc2n1OCC1CO1. The molecular formula is C12H11NO3. The smallest absolute Gasteiger partial charge is 0.283 e. The van der Waals surface area contributed by atoms with Gasteiger partial charge in [-0.1, -0.05) is 18.2 Å². The third-order valence-electron chi connectivity index (χ3n) is 2.55. The first-order chi connectivity index (χ1) is 7.84. The molecule has 4 nitrogen and oxygen atoms in total. The van der Waals surface area contributed by atoms with E-state index >= 15 is 0 Å². The Balaban J connectivity index is 2.04. The monoisotopic (exact) mass is 217 g/mol. The molecule has 82 valence electrons. The average Bonchev–Trinajstić information content (AvgIpc) is 3.12. The van der Waals surface area contributed by atoms with Gasteiger partial charge in [-0.05, 0) is 12.1 Å². The second-order valence-electron chi connectivity index (χ2n) is 3.78. The number of pyridine rings is 1. The Labute approximate surface area is 92.0 Å². The Bertz CT molecular complexity index is 572. The van der Waals surface area contributed by atoms with Gasteiger partial charge in [0.2, 0.25) is 0 Å². The zero-order chi connectivity index (χ0) is 11.0. The molecule has 1 saturated heterocycles. The van der Waals surface area contributed by atoms with E-state index in [1.54, 1.807) is 6.07 Å². The molecule has 1 aliphatic rings. The minimum atomic E-state index is -0.153. The first-order valence-electron chi connectivity index (χ1n) is 5.20. The van der Waals surface area contributed by atoms with Crippen LogP contribution in [0.3, 0.4) is 0 Å². The topological polar surface area (TPSA) is 43.8 Å². The van der Waals surface area contributed by atoms with Crippen LogP contribution in [0.15, 0.2) is 41.2 Å². The standard InChI is InChI=1S/C12H11NO3/c14-12-6-5-9-3-1-2-4-11(9)13(12)16-8-10-7-15-10/h1-6,10H,7-8H2. The number of aromatic nitrogens is 1. The minimum Gasteiger partial charge on any atom is -0.407 e. The zero-order valence-corrected chi connectivity index (χ0v) is 8.63. The molecule has 0 bridgehead atoms. The maximum Gasteiger partial charge on any atom is 0.283 e. The average molecular weight is 217 g/mol. The Morgan fingerprint density at radius 3 is 2.94 bits per heavy atom. The Morgan fingerprint density at radius 2 is 2.12 bits per heavy atom. The molecule has 0 saturated carbocycles. The van der Waals surface area contributed by atoms with Crippen LogP contribution in [0.1, 0.15) is 0 Å². The highest BCUT2D eigenvalue weighted by molar-refractivity contribution is 5.78. The summed E-state index contributed by atoms with van der Waals surface area (Å²) < 4.78 is 6.37. The van der Waals surface area contributed by atoms with E-state index in [9.17, 15) is 4.79 Å². The summed E-state index contributed by atoms with van der Waals surface area (Å²) >= 11 is 0. The molecule has 0 aliphatic carbocycles. The minimum absolute atomic E-state index is 0.144. The van der Waals surface area contributed by atoms with Gasteiger partial charge >= 0.3 is 0 Å². The van der Waals surface area contributed by atoms with Crippen molar-refractivity contribution in [2.45, 2.75) is 6.10 Å². The molecule has 0 N–H and O–H groups in total.